The summed E-state index contributed by atoms with van der Waals surface area (Å²) < 4.78 is 10.3. The molecule has 0 saturated carbocycles. The molecule has 0 radical (unpaired) electrons. The van der Waals surface area contributed by atoms with Gasteiger partial charge in [-0.3, -0.25) is 4.79 Å². The van der Waals surface area contributed by atoms with Gasteiger partial charge in [-0.25, -0.2) is 0 Å². The summed E-state index contributed by atoms with van der Waals surface area (Å²) in [6, 6.07) is 0. The Hall–Kier alpha value is -1.09. The van der Waals surface area contributed by atoms with Crippen molar-refractivity contribution in [2.75, 3.05) is 13.7 Å². The van der Waals surface area contributed by atoms with Crippen LogP contribution in [0.15, 0.2) is 4.42 Å². The minimum atomic E-state index is 0.152. The first-order valence-electron chi connectivity index (χ1n) is 5.16. The summed E-state index contributed by atoms with van der Waals surface area (Å²) in [7, 11) is 1.64. The Labute approximate surface area is 90.4 Å². The van der Waals surface area contributed by atoms with Gasteiger partial charge in [0.2, 0.25) is 0 Å². The van der Waals surface area contributed by atoms with Crippen LogP contribution in [0.5, 0.6) is 0 Å². The molecule has 1 heterocycles. The Kier molecular flexibility index (Phi) is 4.09. The van der Waals surface area contributed by atoms with E-state index in [4.69, 9.17) is 9.15 Å². The number of methoxy groups -OCH3 is 1. The fourth-order valence-corrected chi connectivity index (χ4v) is 1.70. The van der Waals surface area contributed by atoms with Crippen molar-refractivity contribution in [1.82, 2.24) is 0 Å². The van der Waals surface area contributed by atoms with Gasteiger partial charge in [0.25, 0.3) is 0 Å². The molecule has 15 heavy (non-hydrogen) atoms. The second kappa shape index (κ2) is 5.12. The number of carbonyl (C=O) groups excluding carboxylic acids is 1. The van der Waals surface area contributed by atoms with Crippen LogP contribution >= 0.6 is 0 Å². The highest BCUT2D eigenvalue weighted by Gasteiger charge is 2.17. The maximum atomic E-state index is 11.9. The zero-order chi connectivity index (χ0) is 11.4. The molecule has 0 aliphatic heterocycles. The van der Waals surface area contributed by atoms with Crippen LogP contribution in [0.4, 0.5) is 0 Å². The summed E-state index contributed by atoms with van der Waals surface area (Å²) in [4.78, 5) is 11.9. The van der Waals surface area contributed by atoms with Crippen LogP contribution in [0.25, 0.3) is 0 Å². The zero-order valence-corrected chi connectivity index (χ0v) is 9.85. The Balaban J connectivity index is 2.73. The fourth-order valence-electron chi connectivity index (χ4n) is 1.70. The number of ketones is 1. The number of ether oxygens (including phenoxy) is 1. The predicted octanol–water partition coefficient (Wildman–Crippen LogP) is 2.81. The van der Waals surface area contributed by atoms with E-state index in [1.165, 1.54) is 0 Å². The molecule has 1 aromatic heterocycles. The van der Waals surface area contributed by atoms with Gasteiger partial charge in [-0.15, -0.1) is 0 Å². The molecule has 0 unspecified atom stereocenters. The van der Waals surface area contributed by atoms with Crippen molar-refractivity contribution in [3.63, 3.8) is 0 Å². The number of hydrogen-bond acceptors (Lipinski definition) is 3. The topological polar surface area (TPSA) is 39.4 Å². The molecular formula is C12H18O3. The number of Topliss-reactive ketones (excluding diaryl/α,β-unsaturated/α-hetero) is 1. The number of rotatable bonds is 5. The molecular weight excluding hydrogens is 192 g/mol. The lowest BCUT2D eigenvalue weighted by molar-refractivity contribution is 0.0961. The second-order valence-corrected chi connectivity index (χ2v) is 3.73. The molecule has 0 N–H and O–H groups in total. The monoisotopic (exact) mass is 210 g/mol. The van der Waals surface area contributed by atoms with Crippen LogP contribution in [0, 0.1) is 20.8 Å². The van der Waals surface area contributed by atoms with E-state index in [9.17, 15) is 4.79 Å². The lowest BCUT2D eigenvalue weighted by Crippen LogP contribution is -2.03. The molecule has 84 valence electrons. The smallest absolute Gasteiger partial charge is 0.166 e. The number of aryl methyl sites for hydroxylation is 2. The first-order chi connectivity index (χ1) is 7.07. The Bertz CT molecular complexity index is 350. The SMILES string of the molecule is COCCCC(=O)c1c(C)oc(C)c1C. The average Bonchev–Trinajstić information content (AvgIpc) is 2.41. The highest BCUT2D eigenvalue weighted by atomic mass is 16.5. The lowest BCUT2D eigenvalue weighted by Gasteiger charge is -2.00. The molecule has 3 heteroatoms. The van der Waals surface area contributed by atoms with Crippen LogP contribution in [-0.2, 0) is 4.74 Å². The van der Waals surface area contributed by atoms with Gasteiger partial charge in [-0.1, -0.05) is 0 Å². The van der Waals surface area contributed by atoms with Crippen LogP contribution in [0.2, 0.25) is 0 Å². The molecule has 0 spiro atoms. The minimum absolute atomic E-state index is 0.152. The third-order valence-electron chi connectivity index (χ3n) is 2.59. The van der Waals surface area contributed by atoms with Gasteiger partial charge in [0.1, 0.15) is 11.5 Å². The van der Waals surface area contributed by atoms with Gasteiger partial charge in [-0.05, 0) is 27.2 Å². The van der Waals surface area contributed by atoms with Gasteiger partial charge in [0.15, 0.2) is 5.78 Å². The Morgan fingerprint density at radius 3 is 2.40 bits per heavy atom. The van der Waals surface area contributed by atoms with E-state index >= 15 is 0 Å². The summed E-state index contributed by atoms with van der Waals surface area (Å²) in [5.74, 6) is 1.72. The quantitative estimate of drug-likeness (QED) is 0.554. The third kappa shape index (κ3) is 2.69. The van der Waals surface area contributed by atoms with Crippen LogP contribution < -0.4 is 0 Å². The summed E-state index contributed by atoms with van der Waals surface area (Å²) in [5, 5.41) is 0. The van der Waals surface area contributed by atoms with Gasteiger partial charge in [0.05, 0.1) is 5.56 Å². The molecule has 0 aliphatic rings. The minimum Gasteiger partial charge on any atom is -0.466 e. The first-order valence-corrected chi connectivity index (χ1v) is 5.16. The van der Waals surface area contributed by atoms with Crippen molar-refractivity contribution in [3.8, 4) is 0 Å². The van der Waals surface area contributed by atoms with Gasteiger partial charge in [-0.2, -0.15) is 0 Å². The van der Waals surface area contributed by atoms with Crippen LogP contribution in [-0.4, -0.2) is 19.5 Å². The standard InChI is InChI=1S/C12H18O3/c1-8-9(2)15-10(3)12(8)11(13)6-5-7-14-4/h5-7H2,1-4H3. The molecule has 1 aromatic rings. The summed E-state index contributed by atoms with van der Waals surface area (Å²) in [6.45, 7) is 6.27. The highest BCUT2D eigenvalue weighted by Crippen LogP contribution is 2.22. The molecule has 3 nitrogen and oxygen atoms in total. The van der Waals surface area contributed by atoms with Crippen molar-refractivity contribution >= 4 is 5.78 Å². The van der Waals surface area contributed by atoms with Crippen LogP contribution in [0.1, 0.15) is 40.3 Å². The zero-order valence-electron chi connectivity index (χ0n) is 9.85. The van der Waals surface area contributed by atoms with Gasteiger partial charge >= 0.3 is 0 Å². The van der Waals surface area contributed by atoms with E-state index in [1.54, 1.807) is 7.11 Å². The summed E-state index contributed by atoms with van der Waals surface area (Å²) in [6.07, 6.45) is 1.28. The van der Waals surface area contributed by atoms with E-state index in [-0.39, 0.29) is 5.78 Å². The van der Waals surface area contributed by atoms with Crippen LogP contribution in [0.3, 0.4) is 0 Å². The number of hydrogen-bond donors (Lipinski definition) is 0. The average molecular weight is 210 g/mol. The van der Waals surface area contributed by atoms with Gasteiger partial charge < -0.3 is 9.15 Å². The summed E-state index contributed by atoms with van der Waals surface area (Å²) in [5.41, 5.74) is 1.72. The lowest BCUT2D eigenvalue weighted by atomic mass is 10.0. The number of carbonyl (C=O) groups is 1. The molecule has 0 saturated heterocycles. The van der Waals surface area contributed by atoms with E-state index in [0.29, 0.717) is 13.0 Å². The van der Waals surface area contributed by atoms with Crippen molar-refractivity contribution in [1.29, 1.82) is 0 Å². The van der Waals surface area contributed by atoms with E-state index in [1.807, 2.05) is 20.8 Å². The fraction of sp³-hybridized carbons (Fsp3) is 0.583. The molecule has 0 amide bonds. The van der Waals surface area contributed by atoms with Crippen molar-refractivity contribution in [3.05, 3.63) is 22.6 Å². The Morgan fingerprint density at radius 2 is 1.93 bits per heavy atom. The summed E-state index contributed by atoms with van der Waals surface area (Å²) >= 11 is 0. The van der Waals surface area contributed by atoms with E-state index in [2.05, 4.69) is 0 Å². The normalized spacial score (nSPS) is 10.7. The largest absolute Gasteiger partial charge is 0.466 e. The second-order valence-electron chi connectivity index (χ2n) is 3.73. The van der Waals surface area contributed by atoms with Gasteiger partial charge in [0, 0.05) is 25.7 Å². The maximum absolute atomic E-state index is 11.9. The van der Waals surface area contributed by atoms with Crippen molar-refractivity contribution < 1.29 is 13.9 Å². The highest BCUT2D eigenvalue weighted by molar-refractivity contribution is 5.98. The molecule has 1 rings (SSSR count). The van der Waals surface area contributed by atoms with Crippen molar-refractivity contribution in [2.45, 2.75) is 33.6 Å². The van der Waals surface area contributed by atoms with E-state index in [0.717, 1.165) is 29.1 Å². The Morgan fingerprint density at radius 1 is 1.27 bits per heavy atom. The molecule has 0 aliphatic carbocycles. The van der Waals surface area contributed by atoms with E-state index < -0.39 is 0 Å². The molecule has 0 aromatic carbocycles. The number of furan rings is 1. The first kappa shape index (κ1) is 12.0. The molecule has 0 fully saturated rings. The molecule has 0 atom stereocenters. The third-order valence-corrected chi connectivity index (χ3v) is 2.59. The predicted molar refractivity (Wildman–Crippen MR) is 58.4 cm³/mol. The molecule has 0 bridgehead atoms. The maximum Gasteiger partial charge on any atom is 0.166 e. The van der Waals surface area contributed by atoms with Crippen molar-refractivity contribution in [2.24, 2.45) is 0 Å².